The van der Waals surface area contributed by atoms with Gasteiger partial charge in [-0.25, -0.2) is 4.79 Å². The third kappa shape index (κ3) is 4.11. The van der Waals surface area contributed by atoms with Gasteiger partial charge in [-0.2, -0.15) is 18.4 Å². The van der Waals surface area contributed by atoms with Crippen molar-refractivity contribution in [2.24, 2.45) is 14.1 Å². The molecule has 122 valence electrons. The zero-order valence-electron chi connectivity index (χ0n) is 12.2. The van der Waals surface area contributed by atoms with Gasteiger partial charge in [0.15, 0.2) is 5.56 Å². The van der Waals surface area contributed by atoms with Gasteiger partial charge >= 0.3 is 11.9 Å². The summed E-state index contributed by atoms with van der Waals surface area (Å²) in [5.41, 5.74) is -1.74. The quantitative estimate of drug-likeness (QED) is 0.845. The van der Waals surface area contributed by atoms with Gasteiger partial charge in [-0.05, 0) is 6.92 Å². The first kappa shape index (κ1) is 17.8. The van der Waals surface area contributed by atoms with Gasteiger partial charge in [0, 0.05) is 20.1 Å². The summed E-state index contributed by atoms with van der Waals surface area (Å²) in [4.78, 5) is 23.6. The number of halogens is 3. The molecule has 0 aromatic carbocycles. The Kier molecular flexibility index (Phi) is 5.38. The lowest BCUT2D eigenvalue weighted by atomic mass is 10.3. The summed E-state index contributed by atoms with van der Waals surface area (Å²) in [6, 6.07) is 1.04. The second kappa shape index (κ2) is 6.65. The Morgan fingerprint density at radius 1 is 1.32 bits per heavy atom. The fourth-order valence-electron chi connectivity index (χ4n) is 1.74. The summed E-state index contributed by atoms with van der Waals surface area (Å²) in [7, 11) is 2.57. The van der Waals surface area contributed by atoms with Crippen LogP contribution < -0.4 is 16.6 Å². The summed E-state index contributed by atoms with van der Waals surface area (Å²) in [5.74, 6) is -0.0568. The molecule has 0 saturated heterocycles. The Hall–Kier alpha value is -2.28. The minimum atomic E-state index is -4.44. The summed E-state index contributed by atoms with van der Waals surface area (Å²) in [6.45, 7) is -0.215. The largest absolute Gasteiger partial charge is 0.411 e. The van der Waals surface area contributed by atoms with Gasteiger partial charge in [0.25, 0.3) is 5.56 Å². The molecule has 1 aromatic heterocycles. The molecule has 1 N–H and O–H groups in total. The number of nitriles is 1. The van der Waals surface area contributed by atoms with Crippen molar-refractivity contribution in [3.05, 3.63) is 26.4 Å². The van der Waals surface area contributed by atoms with Crippen LogP contribution in [0.5, 0.6) is 0 Å². The lowest BCUT2D eigenvalue weighted by Gasteiger charge is -2.19. The summed E-state index contributed by atoms with van der Waals surface area (Å²) in [6.07, 6.45) is -4.44. The van der Waals surface area contributed by atoms with E-state index >= 15 is 0 Å². The van der Waals surface area contributed by atoms with E-state index in [1.807, 2.05) is 0 Å². The zero-order chi connectivity index (χ0) is 17.1. The molecule has 1 aromatic rings. The molecule has 22 heavy (non-hydrogen) atoms. The minimum absolute atomic E-state index is 0.0568. The molecule has 1 rings (SSSR count). The topological polar surface area (TPSA) is 89.1 Å². The zero-order valence-corrected chi connectivity index (χ0v) is 12.2. The van der Waals surface area contributed by atoms with E-state index in [1.165, 1.54) is 21.0 Å². The molecule has 7 nitrogen and oxygen atoms in total. The van der Waals surface area contributed by atoms with E-state index < -0.39 is 30.1 Å². The monoisotopic (exact) mass is 320 g/mol. The second-order valence-corrected chi connectivity index (χ2v) is 4.72. The van der Waals surface area contributed by atoms with Crippen molar-refractivity contribution in [1.29, 1.82) is 5.26 Å². The molecule has 0 aliphatic rings. The molecule has 0 saturated carbocycles. The minimum Gasteiger partial charge on any atom is -0.370 e. The van der Waals surface area contributed by atoms with Crippen LogP contribution in [0.4, 0.5) is 19.0 Å². The highest BCUT2D eigenvalue weighted by Crippen LogP contribution is 2.15. The normalized spacial score (nSPS) is 12.8. The number of anilines is 1. The van der Waals surface area contributed by atoms with Gasteiger partial charge < -0.3 is 10.1 Å². The van der Waals surface area contributed by atoms with E-state index in [-0.39, 0.29) is 18.0 Å². The number of alkyl halides is 3. The molecular weight excluding hydrogens is 305 g/mol. The first-order valence-electron chi connectivity index (χ1n) is 6.19. The molecule has 0 amide bonds. The first-order valence-corrected chi connectivity index (χ1v) is 6.19. The molecule has 0 aliphatic carbocycles. The Bertz CT molecular complexity index is 700. The highest BCUT2D eigenvalue weighted by Gasteiger charge is 2.27. The Labute approximate surface area is 123 Å². The molecule has 0 bridgehead atoms. The molecule has 1 unspecified atom stereocenters. The van der Waals surface area contributed by atoms with Gasteiger partial charge in [0.1, 0.15) is 18.5 Å². The van der Waals surface area contributed by atoms with Crippen molar-refractivity contribution in [2.45, 2.75) is 19.1 Å². The Morgan fingerprint density at radius 2 is 1.91 bits per heavy atom. The maximum Gasteiger partial charge on any atom is 0.411 e. The molecule has 0 fully saturated rings. The van der Waals surface area contributed by atoms with E-state index in [0.29, 0.717) is 0 Å². The molecular formula is C12H15F3N4O3. The second-order valence-electron chi connectivity index (χ2n) is 4.72. The highest BCUT2D eigenvalue weighted by atomic mass is 19.4. The maximum atomic E-state index is 12.0. The Balaban J connectivity index is 2.97. The first-order chi connectivity index (χ1) is 10.1. The van der Waals surface area contributed by atoms with E-state index in [4.69, 9.17) is 5.26 Å². The van der Waals surface area contributed by atoms with Crippen molar-refractivity contribution < 1.29 is 17.9 Å². The van der Waals surface area contributed by atoms with Gasteiger partial charge in [0.2, 0.25) is 0 Å². The van der Waals surface area contributed by atoms with E-state index in [0.717, 1.165) is 9.13 Å². The third-order valence-corrected chi connectivity index (χ3v) is 2.79. The predicted molar refractivity (Wildman–Crippen MR) is 71.6 cm³/mol. The van der Waals surface area contributed by atoms with Gasteiger partial charge in [-0.3, -0.25) is 13.9 Å². The van der Waals surface area contributed by atoms with Crippen molar-refractivity contribution in [1.82, 2.24) is 9.13 Å². The molecule has 1 atom stereocenters. The summed E-state index contributed by atoms with van der Waals surface area (Å²) in [5, 5.41) is 11.7. The standard InChI is InChI=1S/C12H15F3N4O3/c1-7(5-22-6-12(13,14)15)17-9-8(4-16)10(20)19(3)11(21)18(9)2/h7,17H,5-6H2,1-3H3. The van der Waals surface area contributed by atoms with Crippen LogP contribution in [0.15, 0.2) is 9.59 Å². The smallest absolute Gasteiger partial charge is 0.370 e. The van der Waals surface area contributed by atoms with Crippen LogP contribution in [0, 0.1) is 11.3 Å². The predicted octanol–water partition coefficient (Wildman–Crippen LogP) is 0.335. The fraction of sp³-hybridized carbons (Fsp3) is 0.583. The van der Waals surface area contributed by atoms with Crippen molar-refractivity contribution >= 4 is 5.82 Å². The number of nitrogens with one attached hydrogen (secondary N) is 1. The lowest BCUT2D eigenvalue weighted by molar-refractivity contribution is -0.174. The average Bonchev–Trinajstić information content (AvgIpc) is 2.41. The van der Waals surface area contributed by atoms with Crippen molar-refractivity contribution in [3.63, 3.8) is 0 Å². The number of aromatic nitrogens is 2. The number of rotatable bonds is 5. The van der Waals surface area contributed by atoms with Crippen LogP contribution >= 0.6 is 0 Å². The summed E-state index contributed by atoms with van der Waals surface area (Å²) < 4.78 is 42.3. The van der Waals surface area contributed by atoms with Crippen LogP contribution in [0.3, 0.4) is 0 Å². The molecule has 10 heteroatoms. The van der Waals surface area contributed by atoms with E-state index in [1.54, 1.807) is 6.07 Å². The van der Waals surface area contributed by atoms with Crippen LogP contribution in [0.25, 0.3) is 0 Å². The number of hydrogen-bond acceptors (Lipinski definition) is 5. The van der Waals surface area contributed by atoms with Crippen molar-refractivity contribution in [2.75, 3.05) is 18.5 Å². The van der Waals surface area contributed by atoms with Gasteiger partial charge in [0.05, 0.1) is 6.61 Å². The molecule has 0 radical (unpaired) electrons. The van der Waals surface area contributed by atoms with Crippen LogP contribution in [0.2, 0.25) is 0 Å². The molecule has 1 heterocycles. The summed E-state index contributed by atoms with van der Waals surface area (Å²) >= 11 is 0. The SMILES string of the molecule is CC(COCC(F)(F)F)Nc1c(C#N)c(=O)n(C)c(=O)n1C. The molecule has 0 spiro atoms. The van der Waals surface area contributed by atoms with Crippen LogP contribution in [-0.4, -0.2) is 34.6 Å². The number of ether oxygens (including phenoxy) is 1. The van der Waals surface area contributed by atoms with Crippen LogP contribution in [0.1, 0.15) is 12.5 Å². The number of hydrogen-bond donors (Lipinski definition) is 1. The van der Waals surface area contributed by atoms with Gasteiger partial charge in [-0.15, -0.1) is 0 Å². The van der Waals surface area contributed by atoms with Crippen LogP contribution in [-0.2, 0) is 18.8 Å². The van der Waals surface area contributed by atoms with Gasteiger partial charge in [-0.1, -0.05) is 0 Å². The fourth-order valence-corrected chi connectivity index (χ4v) is 1.74. The number of nitrogens with zero attached hydrogens (tertiary/aromatic N) is 3. The van der Waals surface area contributed by atoms with E-state index in [9.17, 15) is 22.8 Å². The average molecular weight is 320 g/mol. The van der Waals surface area contributed by atoms with Crippen molar-refractivity contribution in [3.8, 4) is 6.07 Å². The highest BCUT2D eigenvalue weighted by molar-refractivity contribution is 5.51. The lowest BCUT2D eigenvalue weighted by Crippen LogP contribution is -2.41. The Morgan fingerprint density at radius 3 is 2.41 bits per heavy atom. The third-order valence-electron chi connectivity index (χ3n) is 2.79. The molecule has 0 aliphatic heterocycles. The van der Waals surface area contributed by atoms with E-state index in [2.05, 4.69) is 10.1 Å². The maximum absolute atomic E-state index is 12.0.